The van der Waals surface area contributed by atoms with Crippen LogP contribution in [0.3, 0.4) is 0 Å². The highest BCUT2D eigenvalue weighted by atomic mass is 16.6. The second-order valence-corrected chi connectivity index (χ2v) is 10.9. The van der Waals surface area contributed by atoms with Crippen molar-refractivity contribution in [3.05, 3.63) is 0 Å². The van der Waals surface area contributed by atoms with Crippen molar-refractivity contribution in [1.82, 2.24) is 5.32 Å². The number of unbranched alkanes of at least 4 members (excludes halogenated alkanes) is 7. The van der Waals surface area contributed by atoms with Crippen LogP contribution in [-0.4, -0.2) is 36.6 Å². The summed E-state index contributed by atoms with van der Waals surface area (Å²) in [5.41, 5.74) is 0. The summed E-state index contributed by atoms with van der Waals surface area (Å²) in [6.07, 6.45) is 14.5. The number of carbonyl (C=O) groups is 3. The van der Waals surface area contributed by atoms with Crippen LogP contribution in [0, 0.1) is 17.8 Å². The summed E-state index contributed by atoms with van der Waals surface area (Å²) in [7, 11) is 0. The topological polar surface area (TPSA) is 81.7 Å². The smallest absolute Gasteiger partial charge is 0.328 e. The molecule has 0 saturated carbocycles. The molecule has 4 unspecified atom stereocenters. The lowest BCUT2D eigenvalue weighted by Gasteiger charge is -2.37. The predicted molar refractivity (Wildman–Crippen MR) is 136 cm³/mol. The Bertz CT molecular complexity index is 577. The Labute approximate surface area is 208 Å². The molecule has 0 aromatic heterocycles. The van der Waals surface area contributed by atoms with E-state index in [-0.39, 0.29) is 36.0 Å². The number of ether oxygens (including phenoxy) is 2. The molecule has 1 heterocycles. The molecule has 1 fully saturated rings. The highest BCUT2D eigenvalue weighted by Crippen LogP contribution is 2.33. The van der Waals surface area contributed by atoms with Gasteiger partial charge in [0.25, 0.3) is 0 Å². The van der Waals surface area contributed by atoms with Crippen molar-refractivity contribution < 1.29 is 23.9 Å². The van der Waals surface area contributed by atoms with Gasteiger partial charge in [0.2, 0.25) is 6.41 Å². The summed E-state index contributed by atoms with van der Waals surface area (Å²) in [6.45, 7) is 10.7. The first-order chi connectivity index (χ1) is 16.3. The average molecular weight is 482 g/mol. The number of esters is 2. The van der Waals surface area contributed by atoms with E-state index in [2.05, 4.69) is 26.1 Å². The number of carbonyl (C=O) groups excluding carboxylic acids is 3. The first kappa shape index (κ1) is 30.4. The number of hydrogen-bond acceptors (Lipinski definition) is 5. The number of hydrogen-bond donors (Lipinski definition) is 1. The minimum atomic E-state index is -0.634. The van der Waals surface area contributed by atoms with Gasteiger partial charge in [-0.2, -0.15) is 0 Å². The van der Waals surface area contributed by atoms with E-state index in [1.54, 1.807) is 0 Å². The molecule has 0 aromatic carbocycles. The minimum absolute atomic E-state index is 0.0815. The van der Waals surface area contributed by atoms with E-state index in [4.69, 9.17) is 9.47 Å². The molecule has 0 spiro atoms. The van der Waals surface area contributed by atoms with Crippen molar-refractivity contribution in [2.75, 3.05) is 0 Å². The maximum absolute atomic E-state index is 12.8. The molecule has 0 aliphatic carbocycles. The van der Waals surface area contributed by atoms with Crippen LogP contribution in [0.25, 0.3) is 0 Å². The molecule has 1 amide bonds. The number of rotatable bonds is 21. The highest BCUT2D eigenvalue weighted by Gasteiger charge is 2.43. The first-order valence-electron chi connectivity index (χ1n) is 13.9. The van der Waals surface area contributed by atoms with Gasteiger partial charge in [0, 0.05) is 6.42 Å². The van der Waals surface area contributed by atoms with Crippen molar-refractivity contribution >= 4 is 18.3 Å². The maximum Gasteiger partial charge on any atom is 0.328 e. The second-order valence-electron chi connectivity index (χ2n) is 10.9. The second kappa shape index (κ2) is 17.8. The van der Waals surface area contributed by atoms with Crippen molar-refractivity contribution in [3.63, 3.8) is 0 Å². The SMILES string of the molecule is CCCCCCCCCC(CC1OC(=O)C1CCCCC(C)C)OC(=O)C(CC(C)C)NC=O. The van der Waals surface area contributed by atoms with E-state index in [1.807, 2.05) is 13.8 Å². The zero-order chi connectivity index (χ0) is 25.3. The standard InChI is InChI=1S/C28H51NO5/c1-6-7-8-9-10-11-12-16-23(33-28(32)25(29-20-30)18-22(4)5)19-26-24(27(31)34-26)17-14-13-15-21(2)3/h20-26H,6-19H2,1-5H3,(H,29,30). The molecule has 1 N–H and O–H groups in total. The summed E-state index contributed by atoms with van der Waals surface area (Å²) >= 11 is 0. The minimum Gasteiger partial charge on any atom is -0.461 e. The van der Waals surface area contributed by atoms with Crippen molar-refractivity contribution in [2.45, 2.75) is 143 Å². The molecule has 6 heteroatoms. The molecular formula is C28H51NO5. The van der Waals surface area contributed by atoms with Gasteiger partial charge in [0.05, 0.1) is 5.92 Å². The van der Waals surface area contributed by atoms with Crippen molar-refractivity contribution in [3.8, 4) is 0 Å². The summed E-state index contributed by atoms with van der Waals surface area (Å²) in [6, 6.07) is -0.634. The van der Waals surface area contributed by atoms with E-state index in [0.717, 1.165) is 38.5 Å². The largest absolute Gasteiger partial charge is 0.461 e. The third-order valence-corrected chi connectivity index (χ3v) is 6.73. The van der Waals surface area contributed by atoms with Crippen LogP contribution >= 0.6 is 0 Å². The van der Waals surface area contributed by atoms with Gasteiger partial charge >= 0.3 is 11.9 Å². The van der Waals surface area contributed by atoms with Gasteiger partial charge in [-0.15, -0.1) is 0 Å². The third kappa shape index (κ3) is 12.8. The Morgan fingerprint density at radius 3 is 2.21 bits per heavy atom. The van der Waals surface area contributed by atoms with Crippen molar-refractivity contribution in [1.29, 1.82) is 0 Å². The number of cyclic esters (lactones) is 1. The summed E-state index contributed by atoms with van der Waals surface area (Å²) in [5.74, 6) is 0.355. The summed E-state index contributed by atoms with van der Waals surface area (Å²) in [5, 5.41) is 2.62. The monoisotopic (exact) mass is 481 g/mol. The fourth-order valence-electron chi connectivity index (χ4n) is 4.68. The van der Waals surface area contributed by atoms with Crippen LogP contribution in [0.1, 0.15) is 125 Å². The van der Waals surface area contributed by atoms with E-state index in [0.29, 0.717) is 25.2 Å². The van der Waals surface area contributed by atoms with Crippen LogP contribution in [-0.2, 0) is 23.9 Å². The highest BCUT2D eigenvalue weighted by molar-refractivity contribution is 5.79. The van der Waals surface area contributed by atoms with Crippen LogP contribution in [0.15, 0.2) is 0 Å². The fraction of sp³-hybridized carbons (Fsp3) is 0.893. The van der Waals surface area contributed by atoms with Crippen LogP contribution in [0.4, 0.5) is 0 Å². The molecule has 34 heavy (non-hydrogen) atoms. The van der Waals surface area contributed by atoms with Crippen LogP contribution in [0.2, 0.25) is 0 Å². The fourth-order valence-corrected chi connectivity index (χ4v) is 4.68. The summed E-state index contributed by atoms with van der Waals surface area (Å²) in [4.78, 5) is 35.9. The quantitative estimate of drug-likeness (QED) is 0.117. The molecule has 0 radical (unpaired) electrons. The zero-order valence-corrected chi connectivity index (χ0v) is 22.5. The molecule has 198 valence electrons. The lowest BCUT2D eigenvalue weighted by atomic mass is 9.86. The Morgan fingerprint density at radius 2 is 1.62 bits per heavy atom. The van der Waals surface area contributed by atoms with Crippen LogP contribution < -0.4 is 5.32 Å². The van der Waals surface area contributed by atoms with E-state index >= 15 is 0 Å². The van der Waals surface area contributed by atoms with Gasteiger partial charge in [0.15, 0.2) is 0 Å². The molecule has 1 rings (SSSR count). The molecule has 0 bridgehead atoms. The van der Waals surface area contributed by atoms with Gasteiger partial charge in [-0.3, -0.25) is 9.59 Å². The van der Waals surface area contributed by atoms with Gasteiger partial charge in [-0.25, -0.2) is 4.79 Å². The molecule has 1 saturated heterocycles. The van der Waals surface area contributed by atoms with Gasteiger partial charge in [0.1, 0.15) is 18.2 Å². The zero-order valence-electron chi connectivity index (χ0n) is 22.5. The molecule has 4 atom stereocenters. The van der Waals surface area contributed by atoms with E-state index in [9.17, 15) is 14.4 Å². The van der Waals surface area contributed by atoms with Gasteiger partial charge < -0.3 is 14.8 Å². The Hall–Kier alpha value is -1.59. The molecule has 0 aromatic rings. The summed E-state index contributed by atoms with van der Waals surface area (Å²) < 4.78 is 11.4. The predicted octanol–water partition coefficient (Wildman–Crippen LogP) is 6.35. The first-order valence-corrected chi connectivity index (χ1v) is 13.9. The molecule has 6 nitrogen and oxygen atoms in total. The maximum atomic E-state index is 12.8. The van der Waals surface area contributed by atoms with E-state index in [1.165, 1.54) is 38.5 Å². The lowest BCUT2D eigenvalue weighted by Crippen LogP contribution is -2.48. The average Bonchev–Trinajstić information content (AvgIpc) is 2.76. The van der Waals surface area contributed by atoms with Gasteiger partial charge in [-0.1, -0.05) is 92.4 Å². The Morgan fingerprint density at radius 1 is 0.971 bits per heavy atom. The number of amides is 1. The molecule has 1 aliphatic heterocycles. The Balaban J connectivity index is 2.63. The third-order valence-electron chi connectivity index (χ3n) is 6.73. The lowest BCUT2D eigenvalue weighted by molar-refractivity contribution is -0.190. The van der Waals surface area contributed by atoms with Gasteiger partial charge in [-0.05, 0) is 37.5 Å². The van der Waals surface area contributed by atoms with E-state index < -0.39 is 6.04 Å². The van der Waals surface area contributed by atoms with Crippen LogP contribution in [0.5, 0.6) is 0 Å². The number of nitrogens with one attached hydrogen (secondary N) is 1. The molecule has 1 aliphatic rings. The normalized spacial score (nSPS) is 19.4. The van der Waals surface area contributed by atoms with Crippen molar-refractivity contribution in [2.24, 2.45) is 17.8 Å². The molecular weight excluding hydrogens is 430 g/mol. The Kier molecular flexibility index (Phi) is 15.9.